The smallest absolute Gasteiger partial charge is 0.251 e. The molecule has 94 valence electrons. The highest BCUT2D eigenvalue weighted by molar-refractivity contribution is 6.17. The predicted molar refractivity (Wildman–Crippen MR) is 64.2 cm³/mol. The second-order valence-corrected chi connectivity index (χ2v) is 4.00. The van der Waals surface area contributed by atoms with Crippen LogP contribution in [0.2, 0.25) is 0 Å². The molecule has 2 rings (SSSR count). The molecule has 0 amide bonds. The summed E-state index contributed by atoms with van der Waals surface area (Å²) in [7, 11) is 0. The maximum atomic E-state index is 12.9. The molecule has 0 saturated carbocycles. The molecule has 0 N–H and O–H groups in total. The number of nitrogens with zero attached hydrogens (tertiary/aromatic N) is 1. The first-order chi connectivity index (χ1) is 8.52. The minimum atomic E-state index is -4.48. The van der Waals surface area contributed by atoms with E-state index >= 15 is 0 Å². The molecule has 0 aliphatic heterocycles. The van der Waals surface area contributed by atoms with E-state index in [9.17, 15) is 13.2 Å². The van der Waals surface area contributed by atoms with Crippen molar-refractivity contribution in [3.63, 3.8) is 0 Å². The molecule has 1 heterocycles. The summed E-state index contributed by atoms with van der Waals surface area (Å²) in [5, 5.41) is 0. The molecule has 0 saturated heterocycles. The van der Waals surface area contributed by atoms with Crippen molar-refractivity contribution < 1.29 is 13.2 Å². The van der Waals surface area contributed by atoms with Crippen molar-refractivity contribution >= 4 is 11.6 Å². The van der Waals surface area contributed by atoms with Crippen molar-refractivity contribution in [1.82, 2.24) is 4.98 Å². The highest BCUT2D eigenvalue weighted by Crippen LogP contribution is 2.35. The first-order valence-corrected chi connectivity index (χ1v) is 5.73. The molecular weight excluding hydrogens is 263 g/mol. The van der Waals surface area contributed by atoms with Crippen LogP contribution in [0, 0.1) is 0 Å². The standard InChI is InChI=1S/C13H9ClF3N/c14-7-9-6-11(10-4-2-1-3-5-10)12(18-8-9)13(15,16)17/h1-6,8H,7H2. The quantitative estimate of drug-likeness (QED) is 0.733. The summed E-state index contributed by atoms with van der Waals surface area (Å²) >= 11 is 5.63. The van der Waals surface area contributed by atoms with E-state index < -0.39 is 11.9 Å². The van der Waals surface area contributed by atoms with Gasteiger partial charge in [-0.25, -0.2) is 0 Å². The van der Waals surface area contributed by atoms with Gasteiger partial charge < -0.3 is 0 Å². The normalized spacial score (nSPS) is 11.6. The Bertz CT molecular complexity index is 538. The zero-order chi connectivity index (χ0) is 13.2. The molecule has 0 spiro atoms. The molecule has 0 radical (unpaired) electrons. The topological polar surface area (TPSA) is 12.9 Å². The highest BCUT2D eigenvalue weighted by Gasteiger charge is 2.35. The Morgan fingerprint density at radius 2 is 1.78 bits per heavy atom. The van der Waals surface area contributed by atoms with Crippen LogP contribution in [0.1, 0.15) is 11.3 Å². The first-order valence-electron chi connectivity index (χ1n) is 5.20. The van der Waals surface area contributed by atoms with E-state index in [1.165, 1.54) is 6.07 Å². The third-order valence-electron chi connectivity index (χ3n) is 2.45. The molecule has 2 aromatic rings. The van der Waals surface area contributed by atoms with Crippen LogP contribution in [-0.4, -0.2) is 4.98 Å². The van der Waals surface area contributed by atoms with E-state index in [4.69, 9.17) is 11.6 Å². The Labute approximate surface area is 107 Å². The Morgan fingerprint density at radius 3 is 2.33 bits per heavy atom. The van der Waals surface area contributed by atoms with Crippen molar-refractivity contribution in [2.45, 2.75) is 12.1 Å². The molecule has 0 atom stereocenters. The van der Waals surface area contributed by atoms with E-state index in [-0.39, 0.29) is 11.4 Å². The third-order valence-corrected chi connectivity index (χ3v) is 2.76. The summed E-state index contributed by atoms with van der Waals surface area (Å²) in [5.74, 6) is 0.130. The van der Waals surface area contributed by atoms with Crippen molar-refractivity contribution in [2.75, 3.05) is 0 Å². The second kappa shape index (κ2) is 4.98. The number of pyridine rings is 1. The van der Waals surface area contributed by atoms with Crippen LogP contribution in [0.15, 0.2) is 42.6 Å². The van der Waals surface area contributed by atoms with Gasteiger partial charge in [0.05, 0.1) is 0 Å². The number of benzene rings is 1. The van der Waals surface area contributed by atoms with Gasteiger partial charge in [-0.3, -0.25) is 4.98 Å². The molecule has 0 aliphatic rings. The second-order valence-electron chi connectivity index (χ2n) is 3.74. The molecule has 5 heteroatoms. The molecular formula is C13H9ClF3N. The molecule has 0 fully saturated rings. The molecule has 0 aliphatic carbocycles. The minimum absolute atomic E-state index is 0.0567. The van der Waals surface area contributed by atoms with Gasteiger partial charge in [0.15, 0.2) is 5.69 Å². The van der Waals surface area contributed by atoms with Crippen LogP contribution in [-0.2, 0) is 12.1 Å². The average Bonchev–Trinajstić information content (AvgIpc) is 2.38. The Morgan fingerprint density at radius 1 is 1.11 bits per heavy atom. The van der Waals surface area contributed by atoms with Gasteiger partial charge in [0.2, 0.25) is 0 Å². The lowest BCUT2D eigenvalue weighted by Gasteiger charge is -2.12. The van der Waals surface area contributed by atoms with Gasteiger partial charge in [0, 0.05) is 17.6 Å². The van der Waals surface area contributed by atoms with Gasteiger partial charge in [-0.1, -0.05) is 30.3 Å². The van der Waals surface area contributed by atoms with E-state index in [0.29, 0.717) is 11.1 Å². The monoisotopic (exact) mass is 271 g/mol. The van der Waals surface area contributed by atoms with Gasteiger partial charge in [0.1, 0.15) is 0 Å². The van der Waals surface area contributed by atoms with E-state index in [0.717, 1.165) is 6.20 Å². The fourth-order valence-electron chi connectivity index (χ4n) is 1.64. The highest BCUT2D eigenvalue weighted by atomic mass is 35.5. The van der Waals surface area contributed by atoms with Crippen molar-refractivity contribution in [2.24, 2.45) is 0 Å². The zero-order valence-corrected chi connectivity index (χ0v) is 9.96. The van der Waals surface area contributed by atoms with Crippen LogP contribution in [0.4, 0.5) is 13.2 Å². The Hall–Kier alpha value is -1.55. The fourth-order valence-corrected chi connectivity index (χ4v) is 1.79. The van der Waals surface area contributed by atoms with Crippen LogP contribution in [0.3, 0.4) is 0 Å². The van der Waals surface area contributed by atoms with Crippen molar-refractivity contribution in [3.8, 4) is 11.1 Å². The van der Waals surface area contributed by atoms with Gasteiger partial charge in [-0.15, -0.1) is 11.6 Å². The maximum Gasteiger partial charge on any atom is 0.433 e. The Balaban J connectivity index is 2.62. The number of hydrogen-bond acceptors (Lipinski definition) is 1. The summed E-state index contributed by atoms with van der Waals surface area (Å²) < 4.78 is 38.6. The average molecular weight is 272 g/mol. The van der Waals surface area contributed by atoms with Gasteiger partial charge >= 0.3 is 6.18 Å². The van der Waals surface area contributed by atoms with Gasteiger partial charge in [0.25, 0.3) is 0 Å². The lowest BCUT2D eigenvalue weighted by molar-refractivity contribution is -0.140. The largest absolute Gasteiger partial charge is 0.433 e. The third kappa shape index (κ3) is 2.64. The summed E-state index contributed by atoms with van der Waals surface area (Å²) in [6.45, 7) is 0. The number of halogens is 4. The summed E-state index contributed by atoms with van der Waals surface area (Å²) in [6, 6.07) is 9.77. The Kier molecular flexibility index (Phi) is 3.57. The number of aromatic nitrogens is 1. The first kappa shape index (κ1) is 12.9. The molecule has 1 aromatic heterocycles. The van der Waals surface area contributed by atoms with E-state index in [1.807, 2.05) is 0 Å². The van der Waals surface area contributed by atoms with Crippen LogP contribution in [0.25, 0.3) is 11.1 Å². The lowest BCUT2D eigenvalue weighted by Crippen LogP contribution is -2.10. The SMILES string of the molecule is FC(F)(F)c1ncc(CCl)cc1-c1ccccc1. The van der Waals surface area contributed by atoms with Crippen LogP contribution in [0.5, 0.6) is 0 Å². The molecule has 1 nitrogen and oxygen atoms in total. The van der Waals surface area contributed by atoms with Gasteiger partial charge in [-0.05, 0) is 17.2 Å². The van der Waals surface area contributed by atoms with Crippen LogP contribution < -0.4 is 0 Å². The zero-order valence-electron chi connectivity index (χ0n) is 9.21. The lowest BCUT2D eigenvalue weighted by atomic mass is 10.0. The predicted octanol–water partition coefficient (Wildman–Crippen LogP) is 4.51. The molecule has 0 bridgehead atoms. The minimum Gasteiger partial charge on any atom is -0.251 e. The molecule has 18 heavy (non-hydrogen) atoms. The number of hydrogen-bond donors (Lipinski definition) is 0. The number of alkyl halides is 4. The van der Waals surface area contributed by atoms with Crippen LogP contribution >= 0.6 is 11.6 Å². The van der Waals surface area contributed by atoms with E-state index in [1.54, 1.807) is 30.3 Å². The van der Waals surface area contributed by atoms with Crippen molar-refractivity contribution in [3.05, 3.63) is 53.9 Å². The fraction of sp³-hybridized carbons (Fsp3) is 0.154. The van der Waals surface area contributed by atoms with E-state index in [2.05, 4.69) is 4.98 Å². The summed E-state index contributed by atoms with van der Waals surface area (Å²) in [4.78, 5) is 3.49. The summed E-state index contributed by atoms with van der Waals surface area (Å²) in [5.41, 5.74) is 0.205. The maximum absolute atomic E-state index is 12.9. The molecule has 1 aromatic carbocycles. The molecule has 0 unspecified atom stereocenters. The van der Waals surface area contributed by atoms with Gasteiger partial charge in [-0.2, -0.15) is 13.2 Å². The van der Waals surface area contributed by atoms with Crippen molar-refractivity contribution in [1.29, 1.82) is 0 Å². The number of rotatable bonds is 2. The summed E-state index contributed by atoms with van der Waals surface area (Å²) in [6.07, 6.45) is -3.32.